The molecule has 1 aromatic carbocycles. The van der Waals surface area contributed by atoms with Gasteiger partial charge in [-0.05, 0) is 24.5 Å². The molecule has 0 saturated heterocycles. The summed E-state index contributed by atoms with van der Waals surface area (Å²) >= 11 is 0. The lowest BCUT2D eigenvalue weighted by atomic mass is 10.0. The van der Waals surface area contributed by atoms with Gasteiger partial charge in [0.05, 0.1) is 18.5 Å². The van der Waals surface area contributed by atoms with Crippen molar-refractivity contribution in [2.24, 2.45) is 5.92 Å². The number of carbonyl (C=O) groups is 4. The Bertz CT molecular complexity index is 779. The fourth-order valence-corrected chi connectivity index (χ4v) is 3.02. The summed E-state index contributed by atoms with van der Waals surface area (Å²) < 4.78 is 5.67. The molecule has 158 valence electrons. The van der Waals surface area contributed by atoms with Crippen molar-refractivity contribution in [3.63, 3.8) is 0 Å². The molecule has 29 heavy (non-hydrogen) atoms. The third-order valence-electron chi connectivity index (χ3n) is 4.53. The van der Waals surface area contributed by atoms with Crippen LogP contribution in [0.25, 0.3) is 0 Å². The number of benzene rings is 1. The second-order valence-electron chi connectivity index (χ2n) is 7.42. The number of hydrogen-bond donors (Lipinski definition) is 3. The van der Waals surface area contributed by atoms with Gasteiger partial charge in [-0.2, -0.15) is 0 Å². The van der Waals surface area contributed by atoms with Crippen LogP contribution < -0.4 is 15.4 Å². The molecule has 0 fully saturated rings. The Morgan fingerprint density at radius 2 is 1.93 bits per heavy atom. The molecule has 1 aliphatic heterocycles. The Kier molecular flexibility index (Phi) is 7.58. The zero-order chi connectivity index (χ0) is 21.6. The maximum atomic E-state index is 12.8. The van der Waals surface area contributed by atoms with Gasteiger partial charge < -0.3 is 25.4 Å². The maximum absolute atomic E-state index is 12.8. The standard InChI is InChI=1S/C20H27N3O6/c1-12(2)10-14-19(26)23(3)8-9-29-16-7-5-4-6-13(16)18(25)22-15(20(27)28)11-17(24)21-14/h4-7,12,14-15H,8-11H2,1-3H3,(H,21,24)(H,22,25)(H,27,28)/t14-,15+/m1/s1. The van der Waals surface area contributed by atoms with Crippen LogP contribution in [0.1, 0.15) is 37.0 Å². The summed E-state index contributed by atoms with van der Waals surface area (Å²) in [5.41, 5.74) is 0.155. The molecule has 3 amide bonds. The van der Waals surface area contributed by atoms with Crippen LogP contribution in [-0.4, -0.2) is 66.0 Å². The zero-order valence-electron chi connectivity index (χ0n) is 16.8. The van der Waals surface area contributed by atoms with Crippen molar-refractivity contribution in [1.82, 2.24) is 15.5 Å². The Morgan fingerprint density at radius 1 is 1.24 bits per heavy atom. The van der Waals surface area contributed by atoms with Gasteiger partial charge in [0.25, 0.3) is 5.91 Å². The molecule has 0 bridgehead atoms. The summed E-state index contributed by atoms with van der Waals surface area (Å²) in [7, 11) is 1.61. The van der Waals surface area contributed by atoms with E-state index in [-0.39, 0.29) is 36.3 Å². The van der Waals surface area contributed by atoms with Crippen LogP contribution in [0.2, 0.25) is 0 Å². The quantitative estimate of drug-likeness (QED) is 0.678. The smallest absolute Gasteiger partial charge is 0.326 e. The number of amides is 3. The Balaban J connectivity index is 2.34. The molecular formula is C20H27N3O6. The Hall–Kier alpha value is -3.10. The predicted molar refractivity (Wildman–Crippen MR) is 104 cm³/mol. The number of carboxylic acids is 1. The Labute approximate surface area is 169 Å². The summed E-state index contributed by atoms with van der Waals surface area (Å²) in [6, 6.07) is 4.18. The van der Waals surface area contributed by atoms with Gasteiger partial charge in [0.2, 0.25) is 11.8 Å². The van der Waals surface area contributed by atoms with E-state index in [1.54, 1.807) is 25.2 Å². The molecule has 9 nitrogen and oxygen atoms in total. The zero-order valence-corrected chi connectivity index (χ0v) is 16.8. The highest BCUT2D eigenvalue weighted by atomic mass is 16.5. The van der Waals surface area contributed by atoms with Gasteiger partial charge in [-0.25, -0.2) is 4.79 Å². The number of hydrogen-bond acceptors (Lipinski definition) is 5. The number of rotatable bonds is 3. The van der Waals surface area contributed by atoms with Crippen molar-refractivity contribution >= 4 is 23.7 Å². The van der Waals surface area contributed by atoms with Crippen LogP contribution in [-0.2, 0) is 14.4 Å². The normalized spacial score (nSPS) is 21.5. The maximum Gasteiger partial charge on any atom is 0.326 e. The van der Waals surface area contributed by atoms with Gasteiger partial charge in [-0.3, -0.25) is 14.4 Å². The van der Waals surface area contributed by atoms with E-state index < -0.39 is 36.3 Å². The third kappa shape index (κ3) is 6.20. The van der Waals surface area contributed by atoms with E-state index in [9.17, 15) is 24.3 Å². The lowest BCUT2D eigenvalue weighted by Gasteiger charge is -2.27. The highest BCUT2D eigenvalue weighted by Gasteiger charge is 2.29. The second-order valence-corrected chi connectivity index (χ2v) is 7.42. The minimum Gasteiger partial charge on any atom is -0.491 e. The molecule has 9 heteroatoms. The average Bonchev–Trinajstić information content (AvgIpc) is 2.65. The fourth-order valence-electron chi connectivity index (χ4n) is 3.02. The van der Waals surface area contributed by atoms with Crippen molar-refractivity contribution in [3.8, 4) is 5.75 Å². The largest absolute Gasteiger partial charge is 0.491 e. The summed E-state index contributed by atoms with van der Waals surface area (Å²) in [4.78, 5) is 50.8. The molecule has 3 N–H and O–H groups in total. The molecule has 1 aliphatic rings. The van der Waals surface area contributed by atoms with Crippen LogP contribution in [0.15, 0.2) is 24.3 Å². The van der Waals surface area contributed by atoms with Gasteiger partial charge in [0, 0.05) is 7.05 Å². The van der Waals surface area contributed by atoms with Crippen LogP contribution in [0.3, 0.4) is 0 Å². The number of ether oxygens (including phenoxy) is 1. The van der Waals surface area contributed by atoms with Crippen molar-refractivity contribution in [2.75, 3.05) is 20.2 Å². The van der Waals surface area contributed by atoms with Crippen LogP contribution in [0.5, 0.6) is 5.75 Å². The Morgan fingerprint density at radius 3 is 2.59 bits per heavy atom. The first kappa shape index (κ1) is 22.2. The molecule has 0 aromatic heterocycles. The molecule has 1 heterocycles. The lowest BCUT2D eigenvalue weighted by Crippen LogP contribution is -2.51. The molecule has 0 unspecified atom stereocenters. The fraction of sp³-hybridized carbons (Fsp3) is 0.500. The van der Waals surface area contributed by atoms with Crippen LogP contribution >= 0.6 is 0 Å². The molecule has 2 atom stereocenters. The van der Waals surface area contributed by atoms with Crippen molar-refractivity contribution in [3.05, 3.63) is 29.8 Å². The number of likely N-dealkylation sites (N-methyl/N-ethyl adjacent to an activating group) is 1. The highest BCUT2D eigenvalue weighted by Crippen LogP contribution is 2.18. The summed E-state index contributed by atoms with van der Waals surface area (Å²) in [6.07, 6.45) is -0.0849. The van der Waals surface area contributed by atoms with Crippen molar-refractivity contribution in [1.29, 1.82) is 0 Å². The van der Waals surface area contributed by atoms with Crippen LogP contribution in [0, 0.1) is 5.92 Å². The molecule has 0 spiro atoms. The minimum absolute atomic E-state index is 0.134. The van der Waals surface area contributed by atoms with E-state index in [1.165, 1.54) is 11.0 Å². The topological polar surface area (TPSA) is 125 Å². The highest BCUT2D eigenvalue weighted by molar-refractivity contribution is 6.00. The molecule has 0 aliphatic carbocycles. The number of para-hydroxylation sites is 1. The number of carbonyl (C=O) groups excluding carboxylic acids is 3. The van der Waals surface area contributed by atoms with Crippen molar-refractivity contribution in [2.45, 2.75) is 38.8 Å². The van der Waals surface area contributed by atoms with Gasteiger partial charge in [-0.1, -0.05) is 26.0 Å². The van der Waals surface area contributed by atoms with E-state index in [0.29, 0.717) is 6.42 Å². The number of nitrogens with zero attached hydrogens (tertiary/aromatic N) is 1. The van der Waals surface area contributed by atoms with E-state index in [0.717, 1.165) is 0 Å². The summed E-state index contributed by atoms with van der Waals surface area (Å²) in [5, 5.41) is 14.4. The van der Waals surface area contributed by atoms with E-state index >= 15 is 0 Å². The number of carboxylic acid groups (broad SMARTS) is 1. The first-order chi connectivity index (χ1) is 13.7. The first-order valence-electron chi connectivity index (χ1n) is 9.49. The molecule has 2 rings (SSSR count). The number of nitrogens with one attached hydrogen (secondary N) is 2. The third-order valence-corrected chi connectivity index (χ3v) is 4.53. The monoisotopic (exact) mass is 405 g/mol. The lowest BCUT2D eigenvalue weighted by molar-refractivity contribution is -0.141. The second kappa shape index (κ2) is 9.90. The number of fused-ring (bicyclic) bond motifs is 1. The molecule has 0 radical (unpaired) electrons. The molecule has 1 aromatic rings. The minimum atomic E-state index is -1.44. The van der Waals surface area contributed by atoms with E-state index in [2.05, 4.69) is 10.6 Å². The van der Waals surface area contributed by atoms with Gasteiger partial charge >= 0.3 is 5.97 Å². The SMILES string of the molecule is CC(C)C[C@H]1NC(=O)C[C@@H](C(=O)O)NC(=O)c2ccccc2OCCN(C)C1=O. The molecule has 0 saturated carbocycles. The number of aliphatic carboxylic acids is 1. The van der Waals surface area contributed by atoms with Gasteiger partial charge in [-0.15, -0.1) is 0 Å². The first-order valence-corrected chi connectivity index (χ1v) is 9.49. The molecular weight excluding hydrogens is 378 g/mol. The van der Waals surface area contributed by atoms with Gasteiger partial charge in [0.15, 0.2) is 0 Å². The average molecular weight is 405 g/mol. The van der Waals surface area contributed by atoms with E-state index in [1.807, 2.05) is 13.8 Å². The predicted octanol–water partition coefficient (Wildman–Crippen LogP) is 0.641. The van der Waals surface area contributed by atoms with Gasteiger partial charge in [0.1, 0.15) is 24.4 Å². The summed E-state index contributed by atoms with van der Waals surface area (Å²) in [6.45, 7) is 4.24. The van der Waals surface area contributed by atoms with Crippen LogP contribution in [0.4, 0.5) is 0 Å². The summed E-state index contributed by atoms with van der Waals surface area (Å²) in [5.74, 6) is -2.49. The van der Waals surface area contributed by atoms with Crippen molar-refractivity contribution < 1.29 is 29.0 Å². The van der Waals surface area contributed by atoms with E-state index in [4.69, 9.17) is 4.74 Å².